The van der Waals surface area contributed by atoms with Crippen molar-refractivity contribution in [2.45, 2.75) is 6.92 Å². The van der Waals surface area contributed by atoms with E-state index in [1.165, 1.54) is 6.92 Å². The van der Waals surface area contributed by atoms with Crippen LogP contribution in [0.2, 0.25) is 0 Å². The smallest absolute Gasteiger partial charge is 0.181 e. The van der Waals surface area contributed by atoms with Crippen molar-refractivity contribution in [2.24, 2.45) is 0 Å². The standard InChI is InChI=1S/C10H6Br2O2/c1-5(13)8-6-3-2-4-7(11)9(6)14-10(8)12/h2-4H,1H3. The van der Waals surface area contributed by atoms with E-state index in [2.05, 4.69) is 31.9 Å². The molecule has 0 unspecified atom stereocenters. The lowest BCUT2D eigenvalue weighted by Crippen LogP contribution is -1.90. The molecular formula is C10H6Br2O2. The summed E-state index contributed by atoms with van der Waals surface area (Å²) in [4.78, 5) is 11.3. The van der Waals surface area contributed by atoms with E-state index in [1.807, 2.05) is 18.2 Å². The highest BCUT2D eigenvalue weighted by Gasteiger charge is 2.16. The van der Waals surface area contributed by atoms with Crippen molar-refractivity contribution in [1.29, 1.82) is 0 Å². The van der Waals surface area contributed by atoms with Gasteiger partial charge in [0.25, 0.3) is 0 Å². The summed E-state index contributed by atoms with van der Waals surface area (Å²) in [5, 5.41) is 0.832. The predicted octanol–water partition coefficient (Wildman–Crippen LogP) is 4.16. The molecule has 1 aromatic heterocycles. The zero-order chi connectivity index (χ0) is 10.3. The molecule has 0 spiro atoms. The van der Waals surface area contributed by atoms with Gasteiger partial charge < -0.3 is 4.42 Å². The van der Waals surface area contributed by atoms with Gasteiger partial charge in [-0.25, -0.2) is 0 Å². The Labute approximate surface area is 97.5 Å². The van der Waals surface area contributed by atoms with Crippen LogP contribution in [0.15, 0.2) is 31.8 Å². The van der Waals surface area contributed by atoms with Crippen LogP contribution in [0.3, 0.4) is 0 Å². The van der Waals surface area contributed by atoms with Gasteiger partial charge in [-0.1, -0.05) is 12.1 Å². The number of hydrogen-bond acceptors (Lipinski definition) is 2. The highest BCUT2D eigenvalue weighted by Crippen LogP contribution is 2.34. The Kier molecular flexibility index (Phi) is 2.49. The Morgan fingerprint density at radius 3 is 2.71 bits per heavy atom. The van der Waals surface area contributed by atoms with E-state index < -0.39 is 0 Å². The molecule has 2 rings (SSSR count). The van der Waals surface area contributed by atoms with Crippen LogP contribution in [0.25, 0.3) is 11.0 Å². The van der Waals surface area contributed by atoms with Crippen molar-refractivity contribution < 1.29 is 9.21 Å². The number of halogens is 2. The van der Waals surface area contributed by atoms with Gasteiger partial charge in [0.2, 0.25) is 0 Å². The maximum Gasteiger partial charge on any atom is 0.181 e. The minimum absolute atomic E-state index is 0.00581. The first-order valence-electron chi connectivity index (χ1n) is 3.98. The molecular weight excluding hydrogens is 312 g/mol. The molecule has 4 heteroatoms. The molecule has 0 saturated carbocycles. The predicted molar refractivity (Wildman–Crippen MR) is 61.6 cm³/mol. The van der Waals surface area contributed by atoms with E-state index >= 15 is 0 Å². The minimum Gasteiger partial charge on any atom is -0.447 e. The molecule has 0 saturated heterocycles. The Morgan fingerprint density at radius 2 is 2.07 bits per heavy atom. The zero-order valence-corrected chi connectivity index (χ0v) is 10.5. The summed E-state index contributed by atoms with van der Waals surface area (Å²) in [5.74, 6) is -0.00581. The number of carbonyl (C=O) groups is 1. The van der Waals surface area contributed by atoms with Crippen molar-refractivity contribution in [3.63, 3.8) is 0 Å². The molecule has 0 aliphatic heterocycles. The minimum atomic E-state index is -0.00581. The monoisotopic (exact) mass is 316 g/mol. The Morgan fingerprint density at radius 1 is 1.36 bits per heavy atom. The van der Waals surface area contributed by atoms with Crippen LogP contribution in [0.4, 0.5) is 0 Å². The van der Waals surface area contributed by atoms with Crippen LogP contribution in [0.1, 0.15) is 17.3 Å². The van der Waals surface area contributed by atoms with Crippen molar-refractivity contribution in [3.05, 3.63) is 32.9 Å². The van der Waals surface area contributed by atoms with Crippen molar-refractivity contribution >= 4 is 48.6 Å². The van der Waals surface area contributed by atoms with Gasteiger partial charge in [0, 0.05) is 5.39 Å². The fourth-order valence-corrected chi connectivity index (χ4v) is 2.49. The summed E-state index contributed by atoms with van der Waals surface area (Å²) in [5.41, 5.74) is 1.30. The first-order valence-corrected chi connectivity index (χ1v) is 5.57. The van der Waals surface area contributed by atoms with Gasteiger partial charge in [0.1, 0.15) is 0 Å². The summed E-state index contributed by atoms with van der Waals surface area (Å²) in [6, 6.07) is 5.62. The van der Waals surface area contributed by atoms with Gasteiger partial charge in [0.05, 0.1) is 10.0 Å². The number of para-hydroxylation sites is 1. The average Bonchev–Trinajstić information content (AvgIpc) is 2.42. The van der Waals surface area contributed by atoms with Crippen LogP contribution >= 0.6 is 31.9 Å². The number of hydrogen-bond donors (Lipinski definition) is 0. The van der Waals surface area contributed by atoms with Gasteiger partial charge in [-0.05, 0) is 44.8 Å². The molecule has 2 nitrogen and oxygen atoms in total. The molecule has 0 radical (unpaired) electrons. The molecule has 0 aliphatic carbocycles. The molecule has 0 atom stereocenters. The molecule has 72 valence electrons. The van der Waals surface area contributed by atoms with Crippen molar-refractivity contribution in [1.82, 2.24) is 0 Å². The molecule has 14 heavy (non-hydrogen) atoms. The number of ketones is 1. The van der Waals surface area contributed by atoms with E-state index in [1.54, 1.807) is 0 Å². The van der Waals surface area contributed by atoms with E-state index in [0.29, 0.717) is 15.8 Å². The van der Waals surface area contributed by atoms with Gasteiger partial charge in [-0.3, -0.25) is 4.79 Å². The van der Waals surface area contributed by atoms with Crippen LogP contribution in [-0.2, 0) is 0 Å². The molecule has 0 N–H and O–H groups in total. The summed E-state index contributed by atoms with van der Waals surface area (Å²) in [7, 11) is 0. The van der Waals surface area contributed by atoms with Crippen molar-refractivity contribution in [2.75, 3.05) is 0 Å². The van der Waals surface area contributed by atoms with Crippen molar-refractivity contribution in [3.8, 4) is 0 Å². The maximum atomic E-state index is 11.3. The summed E-state index contributed by atoms with van der Waals surface area (Å²) in [6.07, 6.45) is 0. The SMILES string of the molecule is CC(=O)c1c(Br)oc2c(Br)cccc12. The number of Topliss-reactive ketones (excluding diaryl/α,β-unsaturated/α-hetero) is 1. The number of rotatable bonds is 1. The fourth-order valence-electron chi connectivity index (χ4n) is 1.38. The third-order valence-corrected chi connectivity index (χ3v) is 3.16. The largest absolute Gasteiger partial charge is 0.447 e. The molecule has 0 aliphatic rings. The van der Waals surface area contributed by atoms with Gasteiger partial charge >= 0.3 is 0 Å². The first-order chi connectivity index (χ1) is 6.61. The van der Waals surface area contributed by atoms with Crippen LogP contribution < -0.4 is 0 Å². The number of benzene rings is 1. The molecule has 1 heterocycles. The van der Waals surface area contributed by atoms with E-state index in [4.69, 9.17) is 4.42 Å². The molecule has 1 aromatic carbocycles. The van der Waals surface area contributed by atoms with Crippen LogP contribution in [0, 0.1) is 0 Å². The number of furan rings is 1. The van der Waals surface area contributed by atoms with Gasteiger partial charge in [-0.2, -0.15) is 0 Å². The Hall–Kier alpha value is -0.610. The van der Waals surface area contributed by atoms with E-state index in [9.17, 15) is 4.79 Å². The van der Waals surface area contributed by atoms with Gasteiger partial charge in [0.15, 0.2) is 16.0 Å². The normalized spacial score (nSPS) is 10.8. The number of fused-ring (bicyclic) bond motifs is 1. The van der Waals surface area contributed by atoms with E-state index in [-0.39, 0.29) is 5.78 Å². The third-order valence-electron chi connectivity index (χ3n) is 1.98. The highest BCUT2D eigenvalue weighted by atomic mass is 79.9. The average molecular weight is 318 g/mol. The second kappa shape index (κ2) is 3.51. The second-order valence-electron chi connectivity index (χ2n) is 2.92. The topological polar surface area (TPSA) is 30.2 Å². The lowest BCUT2D eigenvalue weighted by Gasteiger charge is -1.92. The van der Waals surface area contributed by atoms with E-state index in [0.717, 1.165) is 9.86 Å². The summed E-state index contributed by atoms with van der Waals surface area (Å²) >= 11 is 6.60. The molecule has 2 aromatic rings. The van der Waals surface area contributed by atoms with Crippen LogP contribution in [0.5, 0.6) is 0 Å². The molecule has 0 bridgehead atoms. The third kappa shape index (κ3) is 1.42. The fraction of sp³-hybridized carbons (Fsp3) is 0.100. The summed E-state index contributed by atoms with van der Waals surface area (Å²) < 4.78 is 6.78. The lowest BCUT2D eigenvalue weighted by molar-refractivity contribution is 0.101. The van der Waals surface area contributed by atoms with Gasteiger partial charge in [-0.15, -0.1) is 0 Å². The lowest BCUT2D eigenvalue weighted by atomic mass is 10.1. The Bertz CT molecular complexity index is 514. The maximum absolute atomic E-state index is 11.3. The quantitative estimate of drug-likeness (QED) is 0.739. The zero-order valence-electron chi connectivity index (χ0n) is 7.30. The second-order valence-corrected chi connectivity index (χ2v) is 4.50. The number of carbonyl (C=O) groups excluding carboxylic acids is 1. The summed E-state index contributed by atoms with van der Waals surface area (Å²) in [6.45, 7) is 1.52. The van der Waals surface area contributed by atoms with Crippen LogP contribution in [-0.4, -0.2) is 5.78 Å². The molecule has 0 amide bonds. The first kappa shape index (κ1) is 9.93. The molecule has 0 fully saturated rings. The highest BCUT2D eigenvalue weighted by molar-refractivity contribution is 9.11. The Balaban J connectivity index is 2.90.